The summed E-state index contributed by atoms with van der Waals surface area (Å²) in [7, 11) is 1.34. The first-order chi connectivity index (χ1) is 8.19. The van der Waals surface area contributed by atoms with E-state index in [2.05, 4.69) is 28.7 Å². The maximum Gasteiger partial charge on any atom is 0.418 e. The lowest BCUT2D eigenvalue weighted by atomic mass is 10.1. The van der Waals surface area contributed by atoms with Crippen LogP contribution in [-0.4, -0.2) is 17.8 Å². The normalized spacial score (nSPS) is 10.2. The number of carbonyl (C=O) groups excluding carboxylic acids is 1. The highest BCUT2D eigenvalue weighted by molar-refractivity contribution is 14.1. The molecule has 2 rings (SSSR count). The third-order valence-electron chi connectivity index (χ3n) is 2.50. The van der Waals surface area contributed by atoms with Crippen molar-refractivity contribution < 1.29 is 9.53 Å². The molecule has 0 fully saturated rings. The zero-order valence-corrected chi connectivity index (χ0v) is 11.3. The highest BCUT2D eigenvalue weighted by atomic mass is 127. The first-order valence-corrected chi connectivity index (χ1v) is 6.00. The molecule has 86 valence electrons. The van der Waals surface area contributed by atoms with Crippen molar-refractivity contribution in [2.75, 3.05) is 7.11 Å². The van der Waals surface area contributed by atoms with E-state index in [1.807, 2.05) is 18.2 Å². The summed E-state index contributed by atoms with van der Waals surface area (Å²) in [4.78, 5) is 11.6. The summed E-state index contributed by atoms with van der Waals surface area (Å²) in [5.41, 5.74) is 1.62. The molecule has 0 atom stereocenters. The van der Waals surface area contributed by atoms with Gasteiger partial charge >= 0.3 is 6.09 Å². The Bertz CT molecular complexity index is 625. The number of hydrogen-bond acceptors (Lipinski definition) is 3. The maximum atomic E-state index is 11.6. The van der Waals surface area contributed by atoms with Crippen LogP contribution in [0.1, 0.15) is 5.56 Å². The summed E-state index contributed by atoms with van der Waals surface area (Å²) in [5, 5.41) is 9.74. The van der Waals surface area contributed by atoms with Crippen molar-refractivity contribution in [2.24, 2.45) is 0 Å². The Balaban J connectivity index is 2.76. The minimum atomic E-state index is -0.443. The Morgan fingerprint density at radius 2 is 2.35 bits per heavy atom. The number of nitriles is 1. The fourth-order valence-corrected chi connectivity index (χ4v) is 2.62. The summed E-state index contributed by atoms with van der Waals surface area (Å²) >= 11 is 2.20. The second-order valence-electron chi connectivity index (χ2n) is 3.46. The van der Waals surface area contributed by atoms with Crippen molar-refractivity contribution in [1.82, 2.24) is 4.57 Å². The quantitative estimate of drug-likeness (QED) is 0.750. The van der Waals surface area contributed by atoms with Crippen LogP contribution in [0, 0.1) is 14.9 Å². The Labute approximate surface area is 112 Å². The summed E-state index contributed by atoms with van der Waals surface area (Å²) in [6.07, 6.45) is 1.50. The predicted octanol–water partition coefficient (Wildman–Crippen LogP) is 2.93. The molecule has 17 heavy (non-hydrogen) atoms. The zero-order chi connectivity index (χ0) is 12.4. The SMILES string of the molecule is COC(=O)n1cc(CC#N)c2c(I)cccc21. The highest BCUT2D eigenvalue weighted by Gasteiger charge is 2.15. The molecule has 1 aromatic heterocycles. The molecule has 0 spiro atoms. The Morgan fingerprint density at radius 1 is 1.59 bits per heavy atom. The fourth-order valence-electron chi connectivity index (χ4n) is 1.79. The van der Waals surface area contributed by atoms with Gasteiger partial charge in [0.05, 0.1) is 25.1 Å². The van der Waals surface area contributed by atoms with E-state index >= 15 is 0 Å². The van der Waals surface area contributed by atoms with Crippen molar-refractivity contribution in [3.05, 3.63) is 33.5 Å². The van der Waals surface area contributed by atoms with E-state index in [0.29, 0.717) is 0 Å². The number of methoxy groups -OCH3 is 1. The van der Waals surface area contributed by atoms with Crippen molar-refractivity contribution >= 4 is 39.6 Å². The molecule has 2 aromatic rings. The van der Waals surface area contributed by atoms with Gasteiger partial charge in [-0.15, -0.1) is 0 Å². The number of nitrogens with zero attached hydrogens (tertiary/aromatic N) is 2. The lowest BCUT2D eigenvalue weighted by Crippen LogP contribution is -2.09. The molecule has 0 bridgehead atoms. The van der Waals surface area contributed by atoms with Crippen LogP contribution in [0.15, 0.2) is 24.4 Å². The van der Waals surface area contributed by atoms with Gasteiger partial charge in [-0.25, -0.2) is 4.79 Å². The minimum Gasteiger partial charge on any atom is -0.452 e. The monoisotopic (exact) mass is 340 g/mol. The van der Waals surface area contributed by atoms with Crippen LogP contribution in [0.4, 0.5) is 4.79 Å². The number of carbonyl (C=O) groups is 1. The van der Waals surface area contributed by atoms with Gasteiger partial charge in [0.25, 0.3) is 0 Å². The van der Waals surface area contributed by atoms with Crippen molar-refractivity contribution in [1.29, 1.82) is 5.26 Å². The van der Waals surface area contributed by atoms with Crippen LogP contribution >= 0.6 is 22.6 Å². The third kappa shape index (κ3) is 2.00. The molecular formula is C12H9IN2O2. The summed E-state index contributed by atoms with van der Waals surface area (Å²) < 4.78 is 7.17. The first kappa shape index (κ1) is 11.9. The molecule has 4 nitrogen and oxygen atoms in total. The Kier molecular flexibility index (Phi) is 3.33. The van der Waals surface area contributed by atoms with Crippen LogP contribution in [0.3, 0.4) is 0 Å². The van der Waals surface area contributed by atoms with Gasteiger partial charge in [0.1, 0.15) is 0 Å². The topological polar surface area (TPSA) is 55.0 Å². The lowest BCUT2D eigenvalue weighted by molar-refractivity contribution is 0.174. The smallest absolute Gasteiger partial charge is 0.418 e. The number of rotatable bonds is 1. The molecule has 0 aliphatic rings. The predicted molar refractivity (Wildman–Crippen MR) is 71.8 cm³/mol. The molecule has 0 aliphatic carbocycles. The molecule has 1 aromatic carbocycles. The molecule has 0 radical (unpaired) electrons. The summed E-state index contributed by atoms with van der Waals surface area (Å²) in [6, 6.07) is 7.77. The van der Waals surface area contributed by atoms with E-state index < -0.39 is 6.09 Å². The molecule has 0 saturated carbocycles. The van der Waals surface area contributed by atoms with Crippen LogP contribution in [-0.2, 0) is 11.2 Å². The van der Waals surface area contributed by atoms with Gasteiger partial charge in [-0.3, -0.25) is 4.57 Å². The third-order valence-corrected chi connectivity index (χ3v) is 3.40. The highest BCUT2D eigenvalue weighted by Crippen LogP contribution is 2.26. The molecule has 0 N–H and O–H groups in total. The van der Waals surface area contributed by atoms with Crippen LogP contribution in [0.5, 0.6) is 0 Å². The number of fused-ring (bicyclic) bond motifs is 1. The Morgan fingerprint density at radius 3 is 3.00 bits per heavy atom. The van der Waals surface area contributed by atoms with Crippen LogP contribution in [0.25, 0.3) is 10.9 Å². The van der Waals surface area contributed by atoms with Crippen molar-refractivity contribution in [3.63, 3.8) is 0 Å². The van der Waals surface area contributed by atoms with Gasteiger partial charge in [0.15, 0.2) is 0 Å². The number of halogens is 1. The molecule has 0 amide bonds. The van der Waals surface area contributed by atoms with E-state index in [1.165, 1.54) is 11.7 Å². The maximum absolute atomic E-state index is 11.6. The van der Waals surface area contributed by atoms with Crippen LogP contribution in [0.2, 0.25) is 0 Å². The lowest BCUT2D eigenvalue weighted by Gasteiger charge is -2.01. The van der Waals surface area contributed by atoms with Gasteiger partial charge in [0.2, 0.25) is 0 Å². The number of ether oxygens (including phenoxy) is 1. The molecule has 0 saturated heterocycles. The summed E-state index contributed by atoms with van der Waals surface area (Å²) in [5.74, 6) is 0. The van der Waals surface area contributed by atoms with E-state index in [1.54, 1.807) is 6.20 Å². The molecule has 5 heteroatoms. The second-order valence-corrected chi connectivity index (χ2v) is 4.63. The van der Waals surface area contributed by atoms with Crippen molar-refractivity contribution in [3.8, 4) is 6.07 Å². The average molecular weight is 340 g/mol. The minimum absolute atomic E-state index is 0.278. The molecule has 1 heterocycles. The first-order valence-electron chi connectivity index (χ1n) is 4.92. The Hall–Kier alpha value is -1.55. The summed E-state index contributed by atoms with van der Waals surface area (Å²) in [6.45, 7) is 0. The van der Waals surface area contributed by atoms with Crippen molar-refractivity contribution in [2.45, 2.75) is 6.42 Å². The largest absolute Gasteiger partial charge is 0.452 e. The van der Waals surface area contributed by atoms with Crippen LogP contribution < -0.4 is 0 Å². The second kappa shape index (κ2) is 4.75. The number of aromatic nitrogens is 1. The molecule has 0 unspecified atom stereocenters. The number of hydrogen-bond donors (Lipinski definition) is 0. The standard InChI is InChI=1S/C12H9IN2O2/c1-17-12(16)15-7-8(5-6-14)11-9(13)3-2-4-10(11)15/h2-4,7H,5H2,1H3. The molecular weight excluding hydrogens is 331 g/mol. The van der Waals surface area contributed by atoms with Gasteiger partial charge in [-0.05, 0) is 40.3 Å². The van der Waals surface area contributed by atoms with Gasteiger partial charge in [-0.2, -0.15) is 5.26 Å². The van der Waals surface area contributed by atoms with E-state index in [4.69, 9.17) is 10.00 Å². The van der Waals surface area contributed by atoms with Gasteiger partial charge in [-0.1, -0.05) is 6.07 Å². The fraction of sp³-hybridized carbons (Fsp3) is 0.167. The average Bonchev–Trinajstić information content (AvgIpc) is 2.69. The van der Waals surface area contributed by atoms with E-state index in [0.717, 1.165) is 20.0 Å². The van der Waals surface area contributed by atoms with Gasteiger partial charge < -0.3 is 4.74 Å². The number of benzene rings is 1. The van der Waals surface area contributed by atoms with Gasteiger partial charge in [0, 0.05) is 15.2 Å². The molecule has 0 aliphatic heterocycles. The van der Waals surface area contributed by atoms with E-state index in [9.17, 15) is 4.79 Å². The zero-order valence-electron chi connectivity index (χ0n) is 9.11. The van der Waals surface area contributed by atoms with E-state index in [-0.39, 0.29) is 6.42 Å².